The Bertz CT molecular complexity index is 417. The van der Waals surface area contributed by atoms with Crippen molar-refractivity contribution in [1.29, 1.82) is 0 Å². The minimum atomic E-state index is -0.0170. The van der Waals surface area contributed by atoms with Gasteiger partial charge in [0.15, 0.2) is 0 Å². The van der Waals surface area contributed by atoms with E-state index in [1.807, 2.05) is 18.7 Å². The molecule has 2 rings (SSSR count). The zero-order valence-corrected chi connectivity index (χ0v) is 11.0. The van der Waals surface area contributed by atoms with Crippen LogP contribution in [-0.2, 0) is 0 Å². The smallest absolute Gasteiger partial charge is 0.274 e. The van der Waals surface area contributed by atoms with E-state index >= 15 is 0 Å². The van der Waals surface area contributed by atoms with Gasteiger partial charge in [0, 0.05) is 19.6 Å². The predicted octanol–water partition coefficient (Wildman–Crippen LogP) is 1.78. The topological polar surface area (TPSA) is 58.1 Å². The Morgan fingerprint density at radius 2 is 2.22 bits per heavy atom. The molecular weight excluding hydrogens is 228 g/mol. The van der Waals surface area contributed by atoms with Gasteiger partial charge in [0.1, 0.15) is 11.5 Å². The van der Waals surface area contributed by atoms with Gasteiger partial charge in [-0.25, -0.2) is 4.98 Å². The molecular formula is C13H20N4O. The highest BCUT2D eigenvalue weighted by Gasteiger charge is 2.27. The molecule has 0 spiro atoms. The van der Waals surface area contributed by atoms with Crippen LogP contribution < -0.4 is 5.32 Å². The Kier molecular flexibility index (Phi) is 4.12. The molecule has 18 heavy (non-hydrogen) atoms. The molecule has 1 N–H and O–H groups in total. The van der Waals surface area contributed by atoms with E-state index in [-0.39, 0.29) is 5.91 Å². The van der Waals surface area contributed by atoms with Crippen LogP contribution in [0.2, 0.25) is 0 Å². The maximum atomic E-state index is 12.3. The van der Waals surface area contributed by atoms with Crippen molar-refractivity contribution in [3.8, 4) is 0 Å². The highest BCUT2D eigenvalue weighted by molar-refractivity contribution is 5.92. The van der Waals surface area contributed by atoms with Crippen molar-refractivity contribution in [1.82, 2.24) is 14.9 Å². The third-order valence-corrected chi connectivity index (χ3v) is 3.06. The first-order chi connectivity index (χ1) is 8.74. The molecule has 0 aromatic carbocycles. The van der Waals surface area contributed by atoms with Crippen LogP contribution in [-0.4, -0.2) is 40.4 Å². The van der Waals surface area contributed by atoms with Gasteiger partial charge >= 0.3 is 0 Å². The maximum absolute atomic E-state index is 12.3. The van der Waals surface area contributed by atoms with Gasteiger partial charge in [0.05, 0.1) is 12.4 Å². The SMILES string of the molecule is CCNc1cncc(C(=O)N(CC)CC2CC2)n1. The quantitative estimate of drug-likeness (QED) is 0.833. The normalized spacial score (nSPS) is 14.3. The highest BCUT2D eigenvalue weighted by atomic mass is 16.2. The summed E-state index contributed by atoms with van der Waals surface area (Å²) >= 11 is 0. The van der Waals surface area contributed by atoms with Crippen LogP contribution in [0.15, 0.2) is 12.4 Å². The van der Waals surface area contributed by atoms with Crippen molar-refractivity contribution >= 4 is 11.7 Å². The first-order valence-corrected chi connectivity index (χ1v) is 6.59. The van der Waals surface area contributed by atoms with E-state index < -0.39 is 0 Å². The number of carbonyl (C=O) groups excluding carboxylic acids is 1. The molecule has 1 aromatic heterocycles. The monoisotopic (exact) mass is 248 g/mol. The zero-order chi connectivity index (χ0) is 13.0. The van der Waals surface area contributed by atoms with E-state index in [9.17, 15) is 4.79 Å². The molecule has 0 unspecified atom stereocenters. The fraction of sp³-hybridized carbons (Fsp3) is 0.615. The molecule has 0 aliphatic heterocycles. The highest BCUT2D eigenvalue weighted by Crippen LogP contribution is 2.29. The summed E-state index contributed by atoms with van der Waals surface area (Å²) in [5.74, 6) is 1.33. The van der Waals surface area contributed by atoms with E-state index in [0.29, 0.717) is 17.4 Å². The van der Waals surface area contributed by atoms with Gasteiger partial charge in [-0.3, -0.25) is 9.78 Å². The largest absolute Gasteiger partial charge is 0.369 e. The Labute approximate surface area is 108 Å². The summed E-state index contributed by atoms with van der Waals surface area (Å²) in [4.78, 5) is 22.5. The van der Waals surface area contributed by atoms with Crippen LogP contribution in [0.4, 0.5) is 5.82 Å². The van der Waals surface area contributed by atoms with E-state index in [2.05, 4.69) is 15.3 Å². The summed E-state index contributed by atoms with van der Waals surface area (Å²) in [6, 6.07) is 0. The number of amides is 1. The van der Waals surface area contributed by atoms with Crippen molar-refractivity contribution in [3.05, 3.63) is 18.1 Å². The Morgan fingerprint density at radius 3 is 2.83 bits per heavy atom. The average molecular weight is 248 g/mol. The van der Waals surface area contributed by atoms with Gasteiger partial charge in [0.25, 0.3) is 5.91 Å². The van der Waals surface area contributed by atoms with Gasteiger partial charge < -0.3 is 10.2 Å². The third kappa shape index (κ3) is 3.18. The van der Waals surface area contributed by atoms with Crippen molar-refractivity contribution in [2.75, 3.05) is 25.0 Å². The minimum Gasteiger partial charge on any atom is -0.369 e. The molecule has 1 aromatic rings. The fourth-order valence-electron chi connectivity index (χ4n) is 1.87. The van der Waals surface area contributed by atoms with Gasteiger partial charge in [0.2, 0.25) is 0 Å². The molecule has 98 valence electrons. The molecule has 0 atom stereocenters. The van der Waals surface area contributed by atoms with Crippen molar-refractivity contribution in [2.45, 2.75) is 26.7 Å². The number of anilines is 1. The average Bonchev–Trinajstić information content (AvgIpc) is 3.20. The Hall–Kier alpha value is -1.65. The summed E-state index contributed by atoms with van der Waals surface area (Å²) < 4.78 is 0. The lowest BCUT2D eigenvalue weighted by atomic mass is 10.3. The van der Waals surface area contributed by atoms with E-state index in [0.717, 1.165) is 19.6 Å². The Balaban J connectivity index is 2.07. The number of nitrogens with zero attached hydrogens (tertiary/aromatic N) is 3. The fourth-order valence-corrected chi connectivity index (χ4v) is 1.87. The van der Waals surface area contributed by atoms with Crippen LogP contribution in [0.25, 0.3) is 0 Å². The van der Waals surface area contributed by atoms with Crippen LogP contribution in [0.5, 0.6) is 0 Å². The number of aromatic nitrogens is 2. The first kappa shape index (κ1) is 12.8. The van der Waals surface area contributed by atoms with Crippen LogP contribution >= 0.6 is 0 Å². The number of rotatable bonds is 6. The van der Waals surface area contributed by atoms with Crippen LogP contribution in [0, 0.1) is 5.92 Å². The molecule has 1 aliphatic carbocycles. The number of hydrogen-bond donors (Lipinski definition) is 1. The molecule has 1 heterocycles. The van der Waals surface area contributed by atoms with Gasteiger partial charge in [-0.2, -0.15) is 0 Å². The molecule has 1 aliphatic rings. The zero-order valence-electron chi connectivity index (χ0n) is 11.0. The van der Waals surface area contributed by atoms with Crippen molar-refractivity contribution < 1.29 is 4.79 Å². The lowest BCUT2D eigenvalue weighted by Crippen LogP contribution is -2.33. The lowest BCUT2D eigenvalue weighted by molar-refractivity contribution is 0.0750. The molecule has 0 radical (unpaired) electrons. The molecule has 0 saturated heterocycles. The van der Waals surface area contributed by atoms with Gasteiger partial charge in [-0.15, -0.1) is 0 Å². The molecule has 1 saturated carbocycles. The van der Waals surface area contributed by atoms with Gasteiger partial charge in [-0.1, -0.05) is 0 Å². The Morgan fingerprint density at radius 1 is 1.44 bits per heavy atom. The second-order valence-corrected chi connectivity index (χ2v) is 4.61. The number of nitrogens with one attached hydrogen (secondary N) is 1. The summed E-state index contributed by atoms with van der Waals surface area (Å²) in [7, 11) is 0. The van der Waals surface area contributed by atoms with E-state index in [1.165, 1.54) is 12.8 Å². The van der Waals surface area contributed by atoms with E-state index in [1.54, 1.807) is 12.4 Å². The molecule has 5 heteroatoms. The summed E-state index contributed by atoms with van der Waals surface area (Å²) in [5, 5.41) is 3.07. The maximum Gasteiger partial charge on any atom is 0.274 e. The molecule has 1 fully saturated rings. The standard InChI is InChI=1S/C13H20N4O/c1-3-15-12-8-14-7-11(16-12)13(18)17(4-2)9-10-5-6-10/h7-8,10H,3-6,9H2,1-2H3,(H,15,16). The third-order valence-electron chi connectivity index (χ3n) is 3.06. The molecule has 1 amide bonds. The van der Waals surface area contributed by atoms with Crippen LogP contribution in [0.3, 0.4) is 0 Å². The number of hydrogen-bond acceptors (Lipinski definition) is 4. The minimum absolute atomic E-state index is 0.0170. The molecule has 0 bridgehead atoms. The predicted molar refractivity (Wildman–Crippen MR) is 70.5 cm³/mol. The summed E-state index contributed by atoms with van der Waals surface area (Å²) in [6.07, 6.45) is 5.66. The van der Waals surface area contributed by atoms with Crippen molar-refractivity contribution in [2.24, 2.45) is 5.92 Å². The second kappa shape index (κ2) is 5.80. The number of carbonyl (C=O) groups is 1. The summed E-state index contributed by atoms with van der Waals surface area (Å²) in [6.45, 7) is 6.33. The first-order valence-electron chi connectivity index (χ1n) is 6.59. The molecule has 5 nitrogen and oxygen atoms in total. The van der Waals surface area contributed by atoms with Crippen LogP contribution in [0.1, 0.15) is 37.2 Å². The van der Waals surface area contributed by atoms with E-state index in [4.69, 9.17) is 0 Å². The summed E-state index contributed by atoms with van der Waals surface area (Å²) in [5.41, 5.74) is 0.427. The van der Waals surface area contributed by atoms with Crippen molar-refractivity contribution in [3.63, 3.8) is 0 Å². The second-order valence-electron chi connectivity index (χ2n) is 4.61. The lowest BCUT2D eigenvalue weighted by Gasteiger charge is -2.20. The van der Waals surface area contributed by atoms with Gasteiger partial charge in [-0.05, 0) is 32.6 Å².